The van der Waals surface area contributed by atoms with Crippen molar-refractivity contribution in [1.29, 1.82) is 0 Å². The van der Waals surface area contributed by atoms with Crippen LogP contribution in [-0.4, -0.2) is 22.6 Å². The van der Waals surface area contributed by atoms with Gasteiger partial charge in [0.1, 0.15) is 5.76 Å². The summed E-state index contributed by atoms with van der Waals surface area (Å²) in [6.45, 7) is 3.84. The molecule has 1 unspecified atom stereocenters. The molecule has 0 aliphatic heterocycles. The van der Waals surface area contributed by atoms with Crippen molar-refractivity contribution in [3.8, 4) is 0 Å². The monoisotopic (exact) mass is 198 g/mol. The van der Waals surface area contributed by atoms with Gasteiger partial charge in [0, 0.05) is 6.54 Å². The lowest BCUT2D eigenvalue weighted by atomic mass is 10.1. The molecule has 1 heterocycles. The van der Waals surface area contributed by atoms with Gasteiger partial charge in [-0.3, -0.25) is 4.79 Å². The lowest BCUT2D eigenvalue weighted by molar-refractivity contribution is -0.137. The number of carbonyl (C=O) groups is 1. The predicted molar refractivity (Wildman–Crippen MR) is 50.0 cm³/mol. The van der Waals surface area contributed by atoms with Gasteiger partial charge in [-0.25, -0.2) is 4.98 Å². The van der Waals surface area contributed by atoms with Crippen molar-refractivity contribution in [3.63, 3.8) is 0 Å². The minimum atomic E-state index is -0.894. The number of aliphatic carboxylic acids is 1. The maximum absolute atomic E-state index is 10.5. The van der Waals surface area contributed by atoms with E-state index in [1.54, 1.807) is 6.92 Å². The number of carboxylic acids is 1. The average Bonchev–Trinajstić information content (AvgIpc) is 2.42. The first-order chi connectivity index (χ1) is 6.54. The standard InChI is InChI=1S/C9H14N2O3/c1-5-6(2)14-9(11-5)7(4-10)3-8(12)13/h7H,3-4,10H2,1-2H3,(H,12,13). The summed E-state index contributed by atoms with van der Waals surface area (Å²) in [5.41, 5.74) is 6.23. The third-order valence-electron chi connectivity index (χ3n) is 2.10. The van der Waals surface area contributed by atoms with Crippen LogP contribution in [0.1, 0.15) is 29.7 Å². The van der Waals surface area contributed by atoms with Crippen LogP contribution in [0.4, 0.5) is 0 Å². The molecule has 1 aromatic heterocycles. The van der Waals surface area contributed by atoms with Crippen molar-refractivity contribution in [1.82, 2.24) is 4.98 Å². The largest absolute Gasteiger partial charge is 0.481 e. The van der Waals surface area contributed by atoms with Crippen LogP contribution in [0, 0.1) is 13.8 Å². The molecule has 0 fully saturated rings. The van der Waals surface area contributed by atoms with Crippen molar-refractivity contribution in [3.05, 3.63) is 17.3 Å². The molecule has 14 heavy (non-hydrogen) atoms. The van der Waals surface area contributed by atoms with Crippen LogP contribution in [0.25, 0.3) is 0 Å². The zero-order chi connectivity index (χ0) is 10.7. The highest BCUT2D eigenvalue weighted by atomic mass is 16.4. The van der Waals surface area contributed by atoms with E-state index in [0.29, 0.717) is 11.7 Å². The van der Waals surface area contributed by atoms with Crippen LogP contribution in [0.2, 0.25) is 0 Å². The van der Waals surface area contributed by atoms with Gasteiger partial charge in [0.25, 0.3) is 0 Å². The second-order valence-electron chi connectivity index (χ2n) is 3.22. The summed E-state index contributed by atoms with van der Waals surface area (Å²) in [4.78, 5) is 14.6. The van der Waals surface area contributed by atoms with E-state index in [2.05, 4.69) is 4.98 Å². The molecular formula is C9H14N2O3. The molecule has 0 aromatic carbocycles. The maximum Gasteiger partial charge on any atom is 0.304 e. The first kappa shape index (κ1) is 10.7. The Morgan fingerprint density at radius 2 is 2.29 bits per heavy atom. The van der Waals surface area contributed by atoms with E-state index < -0.39 is 5.97 Å². The molecule has 0 bridgehead atoms. The fraction of sp³-hybridized carbons (Fsp3) is 0.556. The molecule has 78 valence electrons. The van der Waals surface area contributed by atoms with Gasteiger partial charge in [-0.15, -0.1) is 0 Å². The molecule has 1 aromatic rings. The molecule has 0 saturated carbocycles. The highest BCUT2D eigenvalue weighted by Crippen LogP contribution is 2.20. The fourth-order valence-corrected chi connectivity index (χ4v) is 1.15. The van der Waals surface area contributed by atoms with Crippen LogP contribution in [0.5, 0.6) is 0 Å². The summed E-state index contributed by atoms with van der Waals surface area (Å²) in [5, 5.41) is 8.63. The quantitative estimate of drug-likeness (QED) is 0.747. The van der Waals surface area contributed by atoms with Crippen molar-refractivity contribution >= 4 is 5.97 Å². The van der Waals surface area contributed by atoms with Crippen LogP contribution in [0.3, 0.4) is 0 Å². The van der Waals surface area contributed by atoms with E-state index in [-0.39, 0.29) is 18.9 Å². The molecule has 3 N–H and O–H groups in total. The molecule has 0 radical (unpaired) electrons. The van der Waals surface area contributed by atoms with Gasteiger partial charge in [0.15, 0.2) is 5.89 Å². The average molecular weight is 198 g/mol. The van der Waals surface area contributed by atoms with E-state index in [0.717, 1.165) is 5.69 Å². The number of hydrogen-bond donors (Lipinski definition) is 2. The molecule has 1 rings (SSSR count). The van der Waals surface area contributed by atoms with Crippen LogP contribution in [-0.2, 0) is 4.79 Å². The van der Waals surface area contributed by atoms with E-state index in [9.17, 15) is 4.79 Å². The van der Waals surface area contributed by atoms with Gasteiger partial charge in [0.05, 0.1) is 18.0 Å². The number of nitrogens with zero attached hydrogens (tertiary/aromatic N) is 1. The smallest absolute Gasteiger partial charge is 0.304 e. The zero-order valence-electron chi connectivity index (χ0n) is 8.28. The Bertz CT molecular complexity index is 313. The molecule has 1 atom stereocenters. The first-order valence-corrected chi connectivity index (χ1v) is 4.40. The topological polar surface area (TPSA) is 89.3 Å². The number of aryl methyl sites for hydroxylation is 2. The summed E-state index contributed by atoms with van der Waals surface area (Å²) < 4.78 is 5.31. The third-order valence-corrected chi connectivity index (χ3v) is 2.10. The summed E-state index contributed by atoms with van der Waals surface area (Å²) in [7, 11) is 0. The van der Waals surface area contributed by atoms with Crippen molar-refractivity contribution in [2.45, 2.75) is 26.2 Å². The number of aromatic nitrogens is 1. The van der Waals surface area contributed by atoms with Crippen LogP contribution < -0.4 is 5.73 Å². The predicted octanol–water partition coefficient (Wildman–Crippen LogP) is 0.808. The van der Waals surface area contributed by atoms with Gasteiger partial charge in [-0.1, -0.05) is 0 Å². The second kappa shape index (κ2) is 4.23. The van der Waals surface area contributed by atoms with Gasteiger partial charge >= 0.3 is 5.97 Å². The van der Waals surface area contributed by atoms with Crippen LogP contribution in [0.15, 0.2) is 4.42 Å². The second-order valence-corrected chi connectivity index (χ2v) is 3.22. The van der Waals surface area contributed by atoms with Crippen LogP contribution >= 0.6 is 0 Å². The Hall–Kier alpha value is -1.36. The molecule has 0 amide bonds. The SMILES string of the molecule is Cc1nc(C(CN)CC(=O)O)oc1C. The molecule has 5 nitrogen and oxygen atoms in total. The van der Waals surface area contributed by atoms with Crippen molar-refractivity contribution in [2.75, 3.05) is 6.54 Å². The van der Waals surface area contributed by atoms with Crippen molar-refractivity contribution in [2.24, 2.45) is 5.73 Å². The van der Waals surface area contributed by atoms with E-state index in [1.807, 2.05) is 6.92 Å². The summed E-state index contributed by atoms with van der Waals surface area (Å²) in [5.74, 6) is -0.0948. The number of nitrogens with two attached hydrogens (primary N) is 1. The summed E-state index contributed by atoms with van der Waals surface area (Å²) in [6.07, 6.45) is -0.0457. The normalized spacial score (nSPS) is 12.8. The first-order valence-electron chi connectivity index (χ1n) is 4.40. The number of oxazole rings is 1. The Balaban J connectivity index is 2.83. The third kappa shape index (κ3) is 2.32. The Labute approximate surface area is 81.9 Å². The molecular weight excluding hydrogens is 184 g/mol. The van der Waals surface area contributed by atoms with Gasteiger partial charge in [-0.2, -0.15) is 0 Å². The fourth-order valence-electron chi connectivity index (χ4n) is 1.15. The molecule has 0 saturated heterocycles. The van der Waals surface area contributed by atoms with Gasteiger partial charge < -0.3 is 15.3 Å². The number of rotatable bonds is 4. The van der Waals surface area contributed by atoms with Crippen molar-refractivity contribution < 1.29 is 14.3 Å². The molecule has 0 spiro atoms. The minimum absolute atomic E-state index is 0.0457. The molecule has 0 aliphatic rings. The highest BCUT2D eigenvalue weighted by Gasteiger charge is 2.19. The molecule has 5 heteroatoms. The molecule has 0 aliphatic carbocycles. The maximum atomic E-state index is 10.5. The zero-order valence-corrected chi connectivity index (χ0v) is 8.28. The lowest BCUT2D eigenvalue weighted by Crippen LogP contribution is -2.16. The van der Waals surface area contributed by atoms with E-state index >= 15 is 0 Å². The Morgan fingerprint density at radius 3 is 2.64 bits per heavy atom. The minimum Gasteiger partial charge on any atom is -0.481 e. The highest BCUT2D eigenvalue weighted by molar-refractivity contribution is 5.67. The van der Waals surface area contributed by atoms with Gasteiger partial charge in [0.2, 0.25) is 0 Å². The lowest BCUT2D eigenvalue weighted by Gasteiger charge is -2.06. The number of carboxylic acid groups (broad SMARTS) is 1. The van der Waals surface area contributed by atoms with E-state index in [4.69, 9.17) is 15.3 Å². The Kier molecular flexibility index (Phi) is 3.24. The van der Waals surface area contributed by atoms with Gasteiger partial charge in [-0.05, 0) is 13.8 Å². The summed E-state index contributed by atoms with van der Waals surface area (Å²) in [6, 6.07) is 0. The van der Waals surface area contributed by atoms with E-state index in [1.165, 1.54) is 0 Å². The summed E-state index contributed by atoms with van der Waals surface area (Å²) >= 11 is 0. The number of hydrogen-bond acceptors (Lipinski definition) is 4. The Morgan fingerprint density at radius 1 is 1.64 bits per heavy atom.